The minimum Gasteiger partial charge on any atom is -0.481 e. The third-order valence-electron chi connectivity index (χ3n) is 6.66. The predicted molar refractivity (Wildman–Crippen MR) is 151 cm³/mol. The van der Waals surface area contributed by atoms with Crippen LogP contribution in [0.15, 0.2) is 29.7 Å². The number of oxime groups is 1. The Kier molecular flexibility index (Phi) is 8.92. The van der Waals surface area contributed by atoms with E-state index in [0.717, 1.165) is 21.4 Å². The van der Waals surface area contributed by atoms with Gasteiger partial charge in [0.25, 0.3) is 0 Å². The number of nitrogens with zero attached hydrogens (tertiary/aromatic N) is 5. The number of carboxylic acids is 1. The standard InChI is InChI=1S/C26H33N7O5S/c1-5-27-24(36)31-25-30-20-13-17(12-19(21(20)39-25)16(2)32-38-11-10-37-4)18-14-28-23(29-15-18)33-8-6-26(3,7-9-33)22(34)35/h12-15H,5-11H2,1-4H3,(H,34,35)(H2,27,30,31,36). The van der Waals surface area contributed by atoms with Gasteiger partial charge in [-0.3, -0.25) is 10.1 Å². The summed E-state index contributed by atoms with van der Waals surface area (Å²) in [7, 11) is 1.60. The van der Waals surface area contributed by atoms with E-state index in [9.17, 15) is 14.7 Å². The molecule has 1 saturated heterocycles. The van der Waals surface area contributed by atoms with E-state index in [0.29, 0.717) is 68.0 Å². The Labute approximate surface area is 230 Å². The zero-order valence-corrected chi connectivity index (χ0v) is 23.3. The molecule has 1 aliphatic rings. The predicted octanol–water partition coefficient (Wildman–Crippen LogP) is 3.97. The summed E-state index contributed by atoms with van der Waals surface area (Å²) < 4.78 is 5.87. The number of hydrogen-bond acceptors (Lipinski definition) is 10. The molecule has 0 unspecified atom stereocenters. The van der Waals surface area contributed by atoms with Crippen LogP contribution in [0.2, 0.25) is 0 Å². The monoisotopic (exact) mass is 555 g/mol. The summed E-state index contributed by atoms with van der Waals surface area (Å²) in [6.07, 6.45) is 4.57. The largest absolute Gasteiger partial charge is 0.481 e. The van der Waals surface area contributed by atoms with Crippen LogP contribution in [0.25, 0.3) is 21.3 Å². The molecule has 0 bridgehead atoms. The van der Waals surface area contributed by atoms with Crippen molar-refractivity contribution in [3.05, 3.63) is 30.1 Å². The first kappa shape index (κ1) is 28.2. The molecule has 3 heterocycles. The van der Waals surface area contributed by atoms with Gasteiger partial charge in [-0.25, -0.2) is 19.7 Å². The van der Waals surface area contributed by atoms with Gasteiger partial charge in [0.15, 0.2) is 5.13 Å². The fraction of sp³-hybridized carbons (Fsp3) is 0.462. The number of anilines is 2. The number of urea groups is 1. The molecule has 2 aromatic heterocycles. The van der Waals surface area contributed by atoms with E-state index in [1.54, 1.807) is 26.4 Å². The van der Waals surface area contributed by atoms with E-state index in [2.05, 4.69) is 30.7 Å². The van der Waals surface area contributed by atoms with Gasteiger partial charge < -0.3 is 24.9 Å². The Morgan fingerprint density at radius 1 is 1.18 bits per heavy atom. The van der Waals surface area contributed by atoms with Crippen LogP contribution < -0.4 is 15.5 Å². The Morgan fingerprint density at radius 2 is 1.90 bits per heavy atom. The number of carbonyl (C=O) groups excluding carboxylic acids is 1. The number of thiazole rings is 1. The number of aliphatic carboxylic acids is 1. The normalized spacial score (nSPS) is 15.3. The molecule has 12 nitrogen and oxygen atoms in total. The molecule has 1 aromatic carbocycles. The lowest BCUT2D eigenvalue weighted by Crippen LogP contribution is -2.43. The van der Waals surface area contributed by atoms with Crippen molar-refractivity contribution in [3.63, 3.8) is 0 Å². The van der Waals surface area contributed by atoms with E-state index in [1.165, 1.54) is 11.3 Å². The molecule has 3 N–H and O–H groups in total. The molecule has 0 saturated carbocycles. The van der Waals surface area contributed by atoms with Crippen LogP contribution >= 0.6 is 11.3 Å². The number of amides is 2. The van der Waals surface area contributed by atoms with E-state index < -0.39 is 11.4 Å². The van der Waals surface area contributed by atoms with Gasteiger partial charge >= 0.3 is 12.0 Å². The number of carbonyl (C=O) groups is 2. The highest BCUT2D eigenvalue weighted by atomic mass is 32.1. The van der Waals surface area contributed by atoms with E-state index in [4.69, 9.17) is 9.57 Å². The molecule has 1 aliphatic heterocycles. The SMILES string of the molecule is CCNC(=O)Nc1nc2cc(-c3cnc(N4CCC(C)(C(=O)O)CC4)nc3)cc(C(C)=NOCCOC)c2s1. The maximum atomic E-state index is 12.1. The fourth-order valence-electron chi connectivity index (χ4n) is 4.18. The lowest BCUT2D eigenvalue weighted by atomic mass is 9.80. The van der Waals surface area contributed by atoms with Crippen LogP contribution in [0.1, 0.15) is 39.2 Å². The summed E-state index contributed by atoms with van der Waals surface area (Å²) in [5, 5.41) is 19.7. The Balaban J connectivity index is 1.62. The van der Waals surface area contributed by atoms with Crippen molar-refractivity contribution in [2.24, 2.45) is 10.6 Å². The zero-order valence-electron chi connectivity index (χ0n) is 22.5. The van der Waals surface area contributed by atoms with E-state index >= 15 is 0 Å². The van der Waals surface area contributed by atoms with Crippen molar-refractivity contribution in [1.29, 1.82) is 0 Å². The highest BCUT2D eigenvalue weighted by Crippen LogP contribution is 2.35. The van der Waals surface area contributed by atoms with Gasteiger partial charge in [-0.15, -0.1) is 0 Å². The number of aromatic nitrogens is 3. The summed E-state index contributed by atoms with van der Waals surface area (Å²) in [4.78, 5) is 44.8. The second-order valence-corrected chi connectivity index (χ2v) is 10.5. The summed E-state index contributed by atoms with van der Waals surface area (Å²) in [5.41, 5.74) is 3.07. The lowest BCUT2D eigenvalue weighted by molar-refractivity contribution is -0.149. The van der Waals surface area contributed by atoms with E-state index in [1.807, 2.05) is 30.9 Å². The smallest absolute Gasteiger partial charge is 0.321 e. The van der Waals surface area contributed by atoms with Crippen molar-refractivity contribution < 1.29 is 24.3 Å². The number of carboxylic acid groups (broad SMARTS) is 1. The molecule has 0 atom stereocenters. The third kappa shape index (κ3) is 6.60. The van der Waals surface area contributed by atoms with Gasteiger partial charge in [0.1, 0.15) is 6.61 Å². The number of hydrogen-bond donors (Lipinski definition) is 3. The summed E-state index contributed by atoms with van der Waals surface area (Å²) in [6.45, 7) is 7.88. The number of methoxy groups -OCH3 is 1. The number of nitrogens with one attached hydrogen (secondary N) is 2. The maximum absolute atomic E-state index is 12.1. The first-order valence-electron chi connectivity index (χ1n) is 12.7. The molecule has 39 heavy (non-hydrogen) atoms. The topological polar surface area (TPSA) is 151 Å². The maximum Gasteiger partial charge on any atom is 0.321 e. The summed E-state index contributed by atoms with van der Waals surface area (Å²) >= 11 is 1.35. The van der Waals surface area contributed by atoms with Crippen molar-refractivity contribution in [3.8, 4) is 11.1 Å². The Hall–Kier alpha value is -3.84. The van der Waals surface area contributed by atoms with Crippen LogP contribution in [0, 0.1) is 5.41 Å². The molecule has 2 amide bonds. The number of ether oxygens (including phenoxy) is 1. The van der Waals surface area contributed by atoms with Gasteiger partial charge in [-0.2, -0.15) is 0 Å². The first-order chi connectivity index (χ1) is 18.7. The van der Waals surface area contributed by atoms with Crippen LogP contribution in [0.3, 0.4) is 0 Å². The van der Waals surface area contributed by atoms with Gasteiger partial charge in [-0.05, 0) is 51.3 Å². The average molecular weight is 556 g/mol. The first-order valence-corrected chi connectivity index (χ1v) is 13.5. The van der Waals surface area contributed by atoms with Crippen LogP contribution in [-0.4, -0.2) is 77.7 Å². The molecule has 4 rings (SSSR count). The summed E-state index contributed by atoms with van der Waals surface area (Å²) in [5.74, 6) is -0.196. The number of piperidine rings is 1. The quantitative estimate of drug-likeness (QED) is 0.192. The summed E-state index contributed by atoms with van der Waals surface area (Å²) in [6, 6.07) is 3.58. The van der Waals surface area contributed by atoms with Crippen LogP contribution in [0.4, 0.5) is 15.9 Å². The zero-order chi connectivity index (χ0) is 28.0. The van der Waals surface area contributed by atoms with Crippen molar-refractivity contribution >= 4 is 50.3 Å². The number of benzene rings is 1. The fourth-order valence-corrected chi connectivity index (χ4v) is 5.19. The Bertz CT molecular complexity index is 1350. The molecule has 3 aromatic rings. The molecule has 13 heteroatoms. The van der Waals surface area contributed by atoms with Crippen molar-refractivity contribution in [2.45, 2.75) is 33.6 Å². The minimum absolute atomic E-state index is 0.320. The average Bonchev–Trinajstić information content (AvgIpc) is 3.33. The number of fused-ring (bicyclic) bond motifs is 1. The second-order valence-electron chi connectivity index (χ2n) is 9.50. The molecular formula is C26H33N7O5S. The second kappa shape index (κ2) is 12.3. The molecule has 1 fully saturated rings. The minimum atomic E-state index is -0.765. The highest BCUT2D eigenvalue weighted by molar-refractivity contribution is 7.22. The molecule has 0 spiro atoms. The Morgan fingerprint density at radius 3 is 2.54 bits per heavy atom. The molecular weight excluding hydrogens is 522 g/mol. The van der Waals surface area contributed by atoms with Gasteiger partial charge in [0.2, 0.25) is 5.95 Å². The molecule has 0 radical (unpaired) electrons. The number of rotatable bonds is 10. The van der Waals surface area contributed by atoms with E-state index in [-0.39, 0.29) is 6.03 Å². The highest BCUT2D eigenvalue weighted by Gasteiger charge is 2.37. The molecule has 0 aliphatic carbocycles. The van der Waals surface area contributed by atoms with Crippen molar-refractivity contribution in [2.75, 3.05) is 50.2 Å². The van der Waals surface area contributed by atoms with Gasteiger partial charge in [0.05, 0.1) is 28.0 Å². The van der Waals surface area contributed by atoms with Crippen molar-refractivity contribution in [1.82, 2.24) is 20.3 Å². The van der Waals surface area contributed by atoms with Gasteiger partial charge in [-0.1, -0.05) is 16.5 Å². The lowest BCUT2D eigenvalue weighted by Gasteiger charge is -2.36. The molecule has 208 valence electrons. The van der Waals surface area contributed by atoms with Gasteiger partial charge in [0, 0.05) is 50.3 Å². The third-order valence-corrected chi connectivity index (χ3v) is 7.68. The van der Waals surface area contributed by atoms with Crippen LogP contribution in [-0.2, 0) is 14.4 Å². The van der Waals surface area contributed by atoms with Crippen LogP contribution in [0.5, 0.6) is 0 Å².